The van der Waals surface area contributed by atoms with Crippen molar-refractivity contribution in [2.75, 3.05) is 12.1 Å². The summed E-state index contributed by atoms with van der Waals surface area (Å²) >= 11 is 3.33. The second-order valence-electron chi connectivity index (χ2n) is 5.20. The van der Waals surface area contributed by atoms with Gasteiger partial charge in [0.2, 0.25) is 18.6 Å². The fourth-order valence-corrected chi connectivity index (χ4v) is 2.63. The normalized spacial score (nSPS) is 11.9. The van der Waals surface area contributed by atoms with Gasteiger partial charge in [0.15, 0.2) is 11.5 Å². The van der Waals surface area contributed by atoms with Crippen LogP contribution in [0.5, 0.6) is 11.5 Å². The number of ether oxygens (including phenoxy) is 2. The van der Waals surface area contributed by atoms with Crippen molar-refractivity contribution in [1.29, 1.82) is 0 Å². The number of amides is 2. The summed E-state index contributed by atoms with van der Waals surface area (Å²) in [6, 6.07) is 12.6. The number of rotatable bonds is 5. The number of hydrogen-bond donors (Lipinski definition) is 2. The molecule has 0 aliphatic carbocycles. The fourth-order valence-electron chi connectivity index (χ4n) is 2.23. The van der Waals surface area contributed by atoms with Gasteiger partial charge in [-0.1, -0.05) is 28.1 Å². The summed E-state index contributed by atoms with van der Waals surface area (Å²) in [6.45, 7) is 0.528. The third kappa shape index (κ3) is 4.26. The van der Waals surface area contributed by atoms with Crippen LogP contribution in [0.25, 0.3) is 0 Å². The molecule has 0 saturated heterocycles. The topological polar surface area (TPSA) is 76.7 Å². The van der Waals surface area contributed by atoms with Gasteiger partial charge in [-0.25, -0.2) is 0 Å². The second kappa shape index (κ2) is 7.35. The molecule has 0 aromatic heterocycles. The summed E-state index contributed by atoms with van der Waals surface area (Å²) < 4.78 is 11.4. The van der Waals surface area contributed by atoms with Gasteiger partial charge < -0.3 is 20.1 Å². The van der Waals surface area contributed by atoms with Gasteiger partial charge in [-0.2, -0.15) is 0 Å². The van der Waals surface area contributed by atoms with Gasteiger partial charge in [-0.05, 0) is 35.9 Å². The van der Waals surface area contributed by atoms with Crippen molar-refractivity contribution in [3.05, 3.63) is 52.5 Å². The Labute approximate surface area is 147 Å². The number of halogens is 1. The third-order valence-electron chi connectivity index (χ3n) is 3.36. The van der Waals surface area contributed by atoms with E-state index in [0.29, 0.717) is 23.7 Å². The number of hydrogen-bond acceptors (Lipinski definition) is 4. The molecule has 124 valence electrons. The van der Waals surface area contributed by atoms with Crippen LogP contribution in [0.3, 0.4) is 0 Å². The number of carbonyl (C=O) groups excluding carboxylic acids is 2. The number of anilines is 1. The molecule has 3 rings (SSSR count). The van der Waals surface area contributed by atoms with E-state index in [0.717, 1.165) is 10.0 Å². The quantitative estimate of drug-likeness (QED) is 0.769. The van der Waals surface area contributed by atoms with E-state index in [4.69, 9.17) is 9.47 Å². The monoisotopic (exact) mass is 390 g/mol. The van der Waals surface area contributed by atoms with Crippen LogP contribution in [0.4, 0.5) is 5.69 Å². The highest BCUT2D eigenvalue weighted by atomic mass is 79.9. The number of carbonyl (C=O) groups is 2. The lowest BCUT2D eigenvalue weighted by Gasteiger charge is -2.07. The standard InChI is InChI=1S/C17H15BrN2O4/c18-12-2-1-3-13(7-12)20-17(22)8-16(21)19-9-11-4-5-14-15(6-11)24-10-23-14/h1-7H,8-10H2,(H,19,21)(H,20,22). The molecule has 1 heterocycles. The summed E-state index contributed by atoms with van der Waals surface area (Å²) in [6.07, 6.45) is -0.239. The van der Waals surface area contributed by atoms with Crippen LogP contribution in [-0.2, 0) is 16.1 Å². The molecule has 0 atom stereocenters. The molecular formula is C17H15BrN2O4. The van der Waals surface area contributed by atoms with Crippen LogP contribution in [0, 0.1) is 0 Å². The molecule has 2 amide bonds. The van der Waals surface area contributed by atoms with Crippen LogP contribution >= 0.6 is 15.9 Å². The Morgan fingerprint density at radius 3 is 2.71 bits per heavy atom. The minimum atomic E-state index is -0.365. The highest BCUT2D eigenvalue weighted by molar-refractivity contribution is 9.10. The maximum Gasteiger partial charge on any atom is 0.233 e. The van der Waals surface area contributed by atoms with Gasteiger partial charge in [-0.3, -0.25) is 9.59 Å². The van der Waals surface area contributed by atoms with E-state index >= 15 is 0 Å². The predicted molar refractivity (Wildman–Crippen MR) is 91.8 cm³/mol. The first-order valence-corrected chi connectivity index (χ1v) is 8.10. The molecule has 6 nitrogen and oxygen atoms in total. The van der Waals surface area contributed by atoms with Gasteiger partial charge in [0.25, 0.3) is 0 Å². The molecule has 2 aromatic carbocycles. The molecule has 0 unspecified atom stereocenters. The van der Waals surface area contributed by atoms with E-state index < -0.39 is 0 Å². The maximum atomic E-state index is 11.9. The summed E-state index contributed by atoms with van der Waals surface area (Å²) in [4.78, 5) is 23.8. The van der Waals surface area contributed by atoms with Crippen LogP contribution in [0.1, 0.15) is 12.0 Å². The van der Waals surface area contributed by atoms with Crippen LogP contribution in [-0.4, -0.2) is 18.6 Å². The van der Waals surface area contributed by atoms with Crippen molar-refractivity contribution >= 4 is 33.4 Å². The Hall–Kier alpha value is -2.54. The van der Waals surface area contributed by atoms with E-state index in [-0.39, 0.29) is 25.0 Å². The summed E-state index contributed by atoms with van der Waals surface area (Å²) in [7, 11) is 0. The lowest BCUT2D eigenvalue weighted by molar-refractivity contribution is -0.126. The maximum absolute atomic E-state index is 11.9. The molecule has 1 aliphatic heterocycles. The Morgan fingerprint density at radius 2 is 1.88 bits per heavy atom. The summed E-state index contributed by atoms with van der Waals surface area (Å²) in [5.41, 5.74) is 1.51. The average Bonchev–Trinajstić information content (AvgIpc) is 3.00. The lowest BCUT2D eigenvalue weighted by atomic mass is 10.2. The molecule has 7 heteroatoms. The molecule has 2 N–H and O–H groups in total. The van der Waals surface area contributed by atoms with Crippen LogP contribution in [0.15, 0.2) is 46.9 Å². The highest BCUT2D eigenvalue weighted by Gasteiger charge is 2.14. The first-order valence-electron chi connectivity index (χ1n) is 7.31. The minimum Gasteiger partial charge on any atom is -0.454 e. The molecule has 0 radical (unpaired) electrons. The zero-order chi connectivity index (χ0) is 16.9. The summed E-state index contributed by atoms with van der Waals surface area (Å²) in [5.74, 6) is 0.643. The Morgan fingerprint density at radius 1 is 1.04 bits per heavy atom. The molecular weight excluding hydrogens is 376 g/mol. The van der Waals surface area contributed by atoms with Gasteiger partial charge in [-0.15, -0.1) is 0 Å². The fraction of sp³-hybridized carbons (Fsp3) is 0.176. The van der Waals surface area contributed by atoms with Crippen molar-refractivity contribution in [2.24, 2.45) is 0 Å². The average molecular weight is 391 g/mol. The van der Waals surface area contributed by atoms with Gasteiger partial charge in [0, 0.05) is 16.7 Å². The van der Waals surface area contributed by atoms with E-state index in [9.17, 15) is 9.59 Å². The molecule has 0 spiro atoms. The van der Waals surface area contributed by atoms with E-state index in [1.165, 1.54) is 0 Å². The number of benzene rings is 2. The Kier molecular flexibility index (Phi) is 5.00. The molecule has 0 saturated carbocycles. The molecule has 0 fully saturated rings. The molecule has 0 bridgehead atoms. The minimum absolute atomic E-state index is 0.209. The SMILES string of the molecule is O=C(CC(=O)Nc1cccc(Br)c1)NCc1ccc2c(c1)OCO2. The Bertz CT molecular complexity index is 779. The van der Waals surface area contributed by atoms with Crippen molar-refractivity contribution in [1.82, 2.24) is 5.32 Å². The smallest absolute Gasteiger partial charge is 0.233 e. The third-order valence-corrected chi connectivity index (χ3v) is 3.85. The van der Waals surface area contributed by atoms with E-state index in [1.807, 2.05) is 18.2 Å². The van der Waals surface area contributed by atoms with Crippen molar-refractivity contribution in [3.8, 4) is 11.5 Å². The van der Waals surface area contributed by atoms with Crippen molar-refractivity contribution in [2.45, 2.75) is 13.0 Å². The Balaban J connectivity index is 1.48. The van der Waals surface area contributed by atoms with Gasteiger partial charge in [0.05, 0.1) is 0 Å². The number of fused-ring (bicyclic) bond motifs is 1. The molecule has 24 heavy (non-hydrogen) atoms. The first-order chi connectivity index (χ1) is 11.6. The largest absolute Gasteiger partial charge is 0.454 e. The van der Waals surface area contributed by atoms with E-state index in [2.05, 4.69) is 26.6 Å². The lowest BCUT2D eigenvalue weighted by Crippen LogP contribution is -2.27. The number of nitrogens with one attached hydrogen (secondary N) is 2. The van der Waals surface area contributed by atoms with Crippen molar-refractivity contribution in [3.63, 3.8) is 0 Å². The molecule has 1 aliphatic rings. The van der Waals surface area contributed by atoms with Gasteiger partial charge >= 0.3 is 0 Å². The van der Waals surface area contributed by atoms with Crippen LogP contribution < -0.4 is 20.1 Å². The predicted octanol–water partition coefficient (Wildman–Crippen LogP) is 2.82. The second-order valence-corrected chi connectivity index (χ2v) is 6.12. The first kappa shape index (κ1) is 16.3. The van der Waals surface area contributed by atoms with Gasteiger partial charge in [0.1, 0.15) is 6.42 Å². The zero-order valence-electron chi connectivity index (χ0n) is 12.7. The zero-order valence-corrected chi connectivity index (χ0v) is 14.3. The van der Waals surface area contributed by atoms with E-state index in [1.54, 1.807) is 24.3 Å². The summed E-state index contributed by atoms with van der Waals surface area (Å²) in [5, 5.41) is 5.39. The molecule has 2 aromatic rings. The highest BCUT2D eigenvalue weighted by Crippen LogP contribution is 2.32. The van der Waals surface area contributed by atoms with Crippen molar-refractivity contribution < 1.29 is 19.1 Å². The van der Waals surface area contributed by atoms with Crippen LogP contribution in [0.2, 0.25) is 0 Å².